The van der Waals surface area contributed by atoms with Gasteiger partial charge in [0.05, 0.1) is 11.9 Å². The third-order valence-corrected chi connectivity index (χ3v) is 4.32. The first-order chi connectivity index (χ1) is 8.51. The second-order valence-electron chi connectivity index (χ2n) is 3.85. The number of rotatable bonds is 7. The van der Waals surface area contributed by atoms with Crippen LogP contribution in [0.25, 0.3) is 0 Å². The van der Waals surface area contributed by atoms with E-state index in [1.807, 2.05) is 6.92 Å². The van der Waals surface area contributed by atoms with Crippen LogP contribution in [0.1, 0.15) is 13.3 Å². The quantitative estimate of drug-likeness (QED) is 0.815. The van der Waals surface area contributed by atoms with Crippen LogP contribution in [-0.2, 0) is 14.6 Å². The van der Waals surface area contributed by atoms with Crippen molar-refractivity contribution in [2.24, 2.45) is 5.73 Å². The molecule has 0 fully saturated rings. The molecule has 4 nitrogen and oxygen atoms in total. The largest absolute Gasteiger partial charge is 0.377 e. The van der Waals surface area contributed by atoms with Gasteiger partial charge in [0.15, 0.2) is 9.84 Å². The van der Waals surface area contributed by atoms with Crippen LogP contribution in [-0.4, -0.2) is 33.4 Å². The van der Waals surface area contributed by atoms with Gasteiger partial charge in [0.25, 0.3) is 0 Å². The number of ether oxygens (including phenoxy) is 1. The lowest BCUT2D eigenvalue weighted by molar-refractivity contribution is 0.0670. The number of hydrogen-bond acceptors (Lipinski definition) is 4. The summed E-state index contributed by atoms with van der Waals surface area (Å²) in [7, 11) is -3.62. The Hall–Kier alpha value is -0.980. The van der Waals surface area contributed by atoms with Crippen molar-refractivity contribution in [3.8, 4) is 0 Å². The highest BCUT2D eigenvalue weighted by Crippen LogP contribution is 2.16. The van der Waals surface area contributed by atoms with Crippen molar-refractivity contribution in [1.29, 1.82) is 0 Å². The Morgan fingerprint density at radius 2 is 2.06 bits per heavy atom. The molecule has 1 rings (SSSR count). The van der Waals surface area contributed by atoms with E-state index in [0.717, 1.165) is 6.07 Å². The van der Waals surface area contributed by atoms with Crippen LogP contribution in [0, 0.1) is 5.82 Å². The third-order valence-electron chi connectivity index (χ3n) is 2.55. The monoisotopic (exact) mass is 275 g/mol. The number of hydrogen-bond donors (Lipinski definition) is 1. The van der Waals surface area contributed by atoms with Gasteiger partial charge in [-0.3, -0.25) is 0 Å². The first kappa shape index (κ1) is 15.1. The molecule has 2 N–H and O–H groups in total. The van der Waals surface area contributed by atoms with Gasteiger partial charge in [-0.1, -0.05) is 12.1 Å². The number of nitrogens with two attached hydrogens (primary N) is 1. The fraction of sp³-hybridized carbons (Fsp3) is 0.500. The van der Waals surface area contributed by atoms with Gasteiger partial charge in [-0.15, -0.1) is 0 Å². The van der Waals surface area contributed by atoms with Crippen LogP contribution in [0.4, 0.5) is 4.39 Å². The highest BCUT2D eigenvalue weighted by molar-refractivity contribution is 7.91. The minimum Gasteiger partial charge on any atom is -0.377 e. The van der Waals surface area contributed by atoms with Crippen molar-refractivity contribution in [2.75, 3.05) is 18.9 Å². The maximum Gasteiger partial charge on any atom is 0.181 e. The van der Waals surface area contributed by atoms with E-state index in [0.29, 0.717) is 6.61 Å². The van der Waals surface area contributed by atoms with E-state index in [9.17, 15) is 12.8 Å². The van der Waals surface area contributed by atoms with Gasteiger partial charge in [-0.25, -0.2) is 12.8 Å². The van der Waals surface area contributed by atoms with E-state index in [1.165, 1.54) is 18.2 Å². The van der Waals surface area contributed by atoms with E-state index in [2.05, 4.69) is 0 Å². The zero-order valence-corrected chi connectivity index (χ0v) is 11.1. The molecule has 1 aromatic rings. The molecule has 0 heterocycles. The van der Waals surface area contributed by atoms with Crippen LogP contribution in [0.2, 0.25) is 0 Å². The van der Waals surface area contributed by atoms with Gasteiger partial charge in [0, 0.05) is 13.2 Å². The van der Waals surface area contributed by atoms with E-state index in [4.69, 9.17) is 10.5 Å². The van der Waals surface area contributed by atoms with Crippen LogP contribution < -0.4 is 5.73 Å². The lowest BCUT2D eigenvalue weighted by Gasteiger charge is -2.14. The Morgan fingerprint density at radius 1 is 1.39 bits per heavy atom. The van der Waals surface area contributed by atoms with Gasteiger partial charge in [-0.2, -0.15) is 0 Å². The number of sulfone groups is 1. The Bertz CT molecular complexity index is 476. The molecule has 1 aromatic carbocycles. The molecule has 0 aliphatic carbocycles. The zero-order valence-electron chi connectivity index (χ0n) is 10.3. The van der Waals surface area contributed by atoms with Crippen LogP contribution >= 0.6 is 0 Å². The first-order valence-corrected chi connectivity index (χ1v) is 7.45. The molecule has 0 aliphatic rings. The second-order valence-corrected chi connectivity index (χ2v) is 5.93. The lowest BCUT2D eigenvalue weighted by Crippen LogP contribution is -2.26. The summed E-state index contributed by atoms with van der Waals surface area (Å²) in [5.41, 5.74) is 5.46. The zero-order chi connectivity index (χ0) is 13.6. The second kappa shape index (κ2) is 6.82. The molecule has 0 saturated heterocycles. The van der Waals surface area contributed by atoms with Crippen LogP contribution in [0.15, 0.2) is 29.2 Å². The molecular formula is C12H18FNO3S. The van der Waals surface area contributed by atoms with Gasteiger partial charge < -0.3 is 10.5 Å². The first-order valence-electron chi connectivity index (χ1n) is 5.80. The highest BCUT2D eigenvalue weighted by atomic mass is 32.2. The summed E-state index contributed by atoms with van der Waals surface area (Å²) in [6.45, 7) is 2.54. The van der Waals surface area contributed by atoms with Crippen molar-refractivity contribution in [3.63, 3.8) is 0 Å². The van der Waals surface area contributed by atoms with Crippen molar-refractivity contribution in [3.05, 3.63) is 30.1 Å². The molecule has 1 atom stereocenters. The summed E-state index contributed by atoms with van der Waals surface area (Å²) < 4.78 is 42.6. The Kier molecular flexibility index (Phi) is 5.71. The van der Waals surface area contributed by atoms with Crippen molar-refractivity contribution in [1.82, 2.24) is 0 Å². The van der Waals surface area contributed by atoms with E-state index in [1.54, 1.807) is 0 Å². The van der Waals surface area contributed by atoms with Crippen molar-refractivity contribution in [2.45, 2.75) is 24.3 Å². The third kappa shape index (κ3) is 4.04. The normalized spacial score (nSPS) is 13.5. The van der Waals surface area contributed by atoms with Gasteiger partial charge >= 0.3 is 0 Å². The topological polar surface area (TPSA) is 69.4 Å². The molecule has 0 spiro atoms. The molecular weight excluding hydrogens is 257 g/mol. The summed E-state index contributed by atoms with van der Waals surface area (Å²) in [6.07, 6.45) is -0.0439. The fourth-order valence-electron chi connectivity index (χ4n) is 1.60. The summed E-state index contributed by atoms with van der Waals surface area (Å²) in [6, 6.07) is 5.36. The molecule has 102 valence electrons. The minimum atomic E-state index is -3.62. The molecule has 0 bridgehead atoms. The molecule has 0 aliphatic heterocycles. The predicted molar refractivity (Wildman–Crippen MR) is 67.5 cm³/mol. The maximum absolute atomic E-state index is 13.4. The van der Waals surface area contributed by atoms with Crippen LogP contribution in [0.3, 0.4) is 0 Å². The SMILES string of the molecule is CCOC(CN)CCS(=O)(=O)c1ccccc1F. The summed E-state index contributed by atoms with van der Waals surface area (Å²) >= 11 is 0. The average molecular weight is 275 g/mol. The number of benzene rings is 1. The smallest absolute Gasteiger partial charge is 0.181 e. The predicted octanol–water partition coefficient (Wildman–Crippen LogP) is 1.35. The Balaban J connectivity index is 2.74. The summed E-state index contributed by atoms with van der Waals surface area (Å²) in [5.74, 6) is -0.895. The molecule has 6 heteroatoms. The van der Waals surface area contributed by atoms with Crippen LogP contribution in [0.5, 0.6) is 0 Å². The molecule has 0 aromatic heterocycles. The number of halogens is 1. The molecule has 0 amide bonds. The van der Waals surface area contributed by atoms with E-state index < -0.39 is 15.7 Å². The van der Waals surface area contributed by atoms with E-state index >= 15 is 0 Å². The maximum atomic E-state index is 13.4. The summed E-state index contributed by atoms with van der Waals surface area (Å²) in [5, 5.41) is 0. The standard InChI is InChI=1S/C12H18FNO3S/c1-2-17-10(9-14)7-8-18(15,16)12-6-4-3-5-11(12)13/h3-6,10H,2,7-9,14H2,1H3. The summed E-state index contributed by atoms with van der Waals surface area (Å²) in [4.78, 5) is -0.266. The van der Waals surface area contributed by atoms with Crippen molar-refractivity contribution < 1.29 is 17.5 Å². The van der Waals surface area contributed by atoms with Crippen molar-refractivity contribution >= 4 is 9.84 Å². The molecule has 18 heavy (non-hydrogen) atoms. The fourth-order valence-corrected chi connectivity index (χ4v) is 3.04. The molecule has 0 saturated carbocycles. The Labute approximate surface area is 107 Å². The van der Waals surface area contributed by atoms with Gasteiger partial charge in [-0.05, 0) is 25.5 Å². The molecule has 1 unspecified atom stereocenters. The average Bonchev–Trinajstić information content (AvgIpc) is 2.34. The minimum absolute atomic E-state index is 0.171. The van der Waals surface area contributed by atoms with Gasteiger partial charge in [0.1, 0.15) is 10.7 Å². The lowest BCUT2D eigenvalue weighted by atomic mass is 10.3. The van der Waals surface area contributed by atoms with E-state index in [-0.39, 0.29) is 29.7 Å². The highest BCUT2D eigenvalue weighted by Gasteiger charge is 2.20. The Morgan fingerprint density at radius 3 is 2.61 bits per heavy atom. The molecule has 0 radical (unpaired) electrons. The van der Waals surface area contributed by atoms with Gasteiger partial charge in [0.2, 0.25) is 0 Å².